The van der Waals surface area contributed by atoms with Gasteiger partial charge < -0.3 is 19.2 Å². The van der Waals surface area contributed by atoms with Crippen LogP contribution in [-0.2, 0) is 0 Å². The summed E-state index contributed by atoms with van der Waals surface area (Å²) in [5.41, 5.74) is 1.27. The molecular weight excluding hydrogens is 320 g/mol. The Hall–Kier alpha value is -3.28. The molecule has 1 aromatic heterocycles. The Kier molecular flexibility index (Phi) is 4.70. The van der Waals surface area contributed by atoms with Gasteiger partial charge in [-0.05, 0) is 29.8 Å². The summed E-state index contributed by atoms with van der Waals surface area (Å²) >= 11 is 0. The van der Waals surface area contributed by atoms with E-state index in [4.69, 9.17) is 14.2 Å². The Balaban J connectivity index is 1.99. The minimum Gasteiger partial charge on any atom is -0.497 e. The van der Waals surface area contributed by atoms with Crippen molar-refractivity contribution in [3.8, 4) is 17.2 Å². The van der Waals surface area contributed by atoms with Crippen molar-refractivity contribution in [3.63, 3.8) is 0 Å². The molecule has 3 rings (SSSR count). The Morgan fingerprint density at radius 2 is 1.60 bits per heavy atom. The zero-order valence-electron chi connectivity index (χ0n) is 14.2. The molecule has 6 nitrogen and oxygen atoms in total. The highest BCUT2D eigenvalue weighted by molar-refractivity contribution is 5.83. The largest absolute Gasteiger partial charge is 0.497 e. The lowest BCUT2D eigenvalue weighted by atomic mass is 10.2. The molecule has 6 heteroatoms. The summed E-state index contributed by atoms with van der Waals surface area (Å²) < 4.78 is 15.6. The summed E-state index contributed by atoms with van der Waals surface area (Å²) in [7, 11) is 4.69. The Morgan fingerprint density at radius 1 is 0.920 bits per heavy atom. The number of rotatable bonds is 5. The quantitative estimate of drug-likeness (QED) is 0.774. The minimum absolute atomic E-state index is 0.236. The van der Waals surface area contributed by atoms with Gasteiger partial charge in [0, 0.05) is 6.07 Å². The third-order valence-corrected chi connectivity index (χ3v) is 3.78. The van der Waals surface area contributed by atoms with Gasteiger partial charge in [0.15, 0.2) is 11.5 Å². The van der Waals surface area contributed by atoms with Crippen LogP contribution < -0.4 is 19.8 Å². The number of nitrogens with zero attached hydrogens (tertiary/aromatic N) is 1. The lowest BCUT2D eigenvalue weighted by molar-refractivity contribution is 0.355. The number of fused-ring (bicyclic) bond motifs is 1. The number of H-pyrrole nitrogens is 1. The molecule has 0 saturated heterocycles. The molecule has 0 amide bonds. The van der Waals surface area contributed by atoms with Crippen LogP contribution in [0.25, 0.3) is 23.1 Å². The maximum absolute atomic E-state index is 12.3. The fraction of sp³-hybridized carbons (Fsp3) is 0.158. The van der Waals surface area contributed by atoms with Crippen molar-refractivity contribution in [2.45, 2.75) is 0 Å². The highest BCUT2D eigenvalue weighted by Crippen LogP contribution is 2.29. The van der Waals surface area contributed by atoms with E-state index in [1.165, 1.54) is 7.11 Å². The van der Waals surface area contributed by atoms with E-state index < -0.39 is 0 Å². The molecule has 0 radical (unpaired) electrons. The van der Waals surface area contributed by atoms with Crippen molar-refractivity contribution in [3.05, 3.63) is 58.1 Å². The molecule has 0 bridgehead atoms. The molecule has 0 fully saturated rings. The number of ether oxygens (including phenoxy) is 3. The summed E-state index contributed by atoms with van der Waals surface area (Å²) in [6, 6.07) is 10.9. The van der Waals surface area contributed by atoms with Crippen molar-refractivity contribution in [2.75, 3.05) is 21.3 Å². The predicted molar refractivity (Wildman–Crippen MR) is 97.4 cm³/mol. The van der Waals surface area contributed by atoms with E-state index >= 15 is 0 Å². The van der Waals surface area contributed by atoms with Crippen molar-refractivity contribution in [1.29, 1.82) is 0 Å². The standard InChI is InChI=1S/C19H18N2O4/c1-23-13-7-4-12(5-8-13)6-9-18-20-15-11-17(25-3)16(24-2)10-14(15)19(22)21-18/h4-11H,1-3H3,(H,20,21,22). The van der Waals surface area contributed by atoms with E-state index in [1.54, 1.807) is 32.4 Å². The second-order valence-electron chi connectivity index (χ2n) is 5.28. The van der Waals surface area contributed by atoms with E-state index in [0.717, 1.165) is 11.3 Å². The number of aromatic nitrogens is 2. The molecule has 0 spiro atoms. The van der Waals surface area contributed by atoms with Crippen LogP contribution in [-0.4, -0.2) is 31.3 Å². The molecule has 1 heterocycles. The lowest BCUT2D eigenvalue weighted by Gasteiger charge is -2.08. The zero-order chi connectivity index (χ0) is 17.8. The average molecular weight is 338 g/mol. The van der Waals surface area contributed by atoms with Crippen LogP contribution in [0.1, 0.15) is 11.4 Å². The first-order chi connectivity index (χ1) is 12.1. The van der Waals surface area contributed by atoms with Crippen LogP contribution in [0, 0.1) is 0 Å². The van der Waals surface area contributed by atoms with Crippen LogP contribution in [0.5, 0.6) is 17.2 Å². The van der Waals surface area contributed by atoms with E-state index in [0.29, 0.717) is 28.2 Å². The first-order valence-electron chi connectivity index (χ1n) is 7.63. The van der Waals surface area contributed by atoms with Crippen molar-refractivity contribution < 1.29 is 14.2 Å². The average Bonchev–Trinajstić information content (AvgIpc) is 2.65. The molecular formula is C19H18N2O4. The van der Waals surface area contributed by atoms with Crippen molar-refractivity contribution in [1.82, 2.24) is 9.97 Å². The van der Waals surface area contributed by atoms with Crippen molar-refractivity contribution >= 4 is 23.1 Å². The smallest absolute Gasteiger partial charge is 0.259 e. The molecule has 0 aliphatic heterocycles. The SMILES string of the molecule is COc1ccc(C=Cc2nc3cc(OC)c(OC)cc3c(=O)[nH]2)cc1. The lowest BCUT2D eigenvalue weighted by Crippen LogP contribution is -2.10. The fourth-order valence-corrected chi connectivity index (χ4v) is 2.45. The Labute approximate surface area is 144 Å². The van der Waals surface area contributed by atoms with Gasteiger partial charge in [-0.2, -0.15) is 0 Å². The molecule has 3 aromatic rings. The maximum Gasteiger partial charge on any atom is 0.259 e. The third kappa shape index (κ3) is 3.47. The summed E-state index contributed by atoms with van der Waals surface area (Å²) in [5, 5.41) is 0.444. The summed E-state index contributed by atoms with van der Waals surface area (Å²) in [6.07, 6.45) is 3.61. The maximum atomic E-state index is 12.3. The molecule has 1 N–H and O–H groups in total. The number of methoxy groups -OCH3 is 3. The number of hydrogen-bond donors (Lipinski definition) is 1. The predicted octanol–water partition coefficient (Wildman–Crippen LogP) is 3.12. The molecule has 0 aliphatic carbocycles. The van der Waals surface area contributed by atoms with Crippen LogP contribution >= 0.6 is 0 Å². The highest BCUT2D eigenvalue weighted by atomic mass is 16.5. The summed E-state index contributed by atoms with van der Waals surface area (Å²) in [6.45, 7) is 0. The number of aromatic amines is 1. The van der Waals surface area contributed by atoms with E-state index in [-0.39, 0.29) is 5.56 Å². The Bertz CT molecular complexity index is 975. The van der Waals surface area contributed by atoms with Gasteiger partial charge in [0.05, 0.1) is 32.2 Å². The molecule has 0 unspecified atom stereocenters. The number of hydrogen-bond acceptors (Lipinski definition) is 5. The van der Waals surface area contributed by atoms with Crippen LogP contribution in [0.15, 0.2) is 41.2 Å². The molecule has 128 valence electrons. The van der Waals surface area contributed by atoms with Gasteiger partial charge in [-0.1, -0.05) is 18.2 Å². The second-order valence-corrected chi connectivity index (χ2v) is 5.28. The summed E-state index contributed by atoms with van der Waals surface area (Å²) in [4.78, 5) is 19.5. The first kappa shape index (κ1) is 16.6. The van der Waals surface area contributed by atoms with Crippen molar-refractivity contribution in [2.24, 2.45) is 0 Å². The van der Waals surface area contributed by atoms with E-state index in [2.05, 4.69) is 9.97 Å². The van der Waals surface area contributed by atoms with Crippen LogP contribution in [0.2, 0.25) is 0 Å². The van der Waals surface area contributed by atoms with E-state index in [1.807, 2.05) is 30.3 Å². The Morgan fingerprint density at radius 3 is 2.24 bits per heavy atom. The van der Waals surface area contributed by atoms with Crippen LogP contribution in [0.4, 0.5) is 0 Å². The number of benzene rings is 2. The number of nitrogens with one attached hydrogen (secondary N) is 1. The van der Waals surface area contributed by atoms with Gasteiger partial charge in [-0.15, -0.1) is 0 Å². The topological polar surface area (TPSA) is 73.4 Å². The minimum atomic E-state index is -0.236. The molecule has 0 aliphatic rings. The van der Waals surface area contributed by atoms with Gasteiger partial charge in [-0.3, -0.25) is 4.79 Å². The van der Waals surface area contributed by atoms with Gasteiger partial charge >= 0.3 is 0 Å². The molecule has 0 saturated carbocycles. The highest BCUT2D eigenvalue weighted by Gasteiger charge is 2.10. The first-order valence-corrected chi connectivity index (χ1v) is 7.63. The monoisotopic (exact) mass is 338 g/mol. The van der Waals surface area contributed by atoms with Gasteiger partial charge in [0.25, 0.3) is 5.56 Å². The van der Waals surface area contributed by atoms with Gasteiger partial charge in [0.2, 0.25) is 0 Å². The third-order valence-electron chi connectivity index (χ3n) is 3.78. The van der Waals surface area contributed by atoms with Crippen LogP contribution in [0.3, 0.4) is 0 Å². The zero-order valence-corrected chi connectivity index (χ0v) is 14.2. The molecule has 0 atom stereocenters. The fourth-order valence-electron chi connectivity index (χ4n) is 2.45. The normalized spacial score (nSPS) is 11.0. The molecule has 25 heavy (non-hydrogen) atoms. The summed E-state index contributed by atoms with van der Waals surface area (Å²) in [5.74, 6) is 2.26. The molecule has 2 aromatic carbocycles. The second kappa shape index (κ2) is 7.09. The van der Waals surface area contributed by atoms with Gasteiger partial charge in [-0.25, -0.2) is 4.98 Å². The van der Waals surface area contributed by atoms with Gasteiger partial charge in [0.1, 0.15) is 11.6 Å². The van der Waals surface area contributed by atoms with E-state index in [9.17, 15) is 4.79 Å².